The molecular formula is C16H25N5OS. The second-order valence-electron chi connectivity index (χ2n) is 6.37. The average Bonchev–Trinajstić information content (AvgIpc) is 3.14. The number of thiophene rings is 1. The van der Waals surface area contributed by atoms with Gasteiger partial charge in [-0.15, -0.1) is 16.4 Å². The highest BCUT2D eigenvalue weighted by Crippen LogP contribution is 2.28. The number of likely N-dealkylation sites (N-methyl/N-ethyl adjacent to an activating group) is 1. The van der Waals surface area contributed by atoms with Crippen molar-refractivity contribution in [2.45, 2.75) is 19.0 Å². The number of hydrogen-bond acceptors (Lipinski definition) is 6. The van der Waals surface area contributed by atoms with Gasteiger partial charge in [-0.25, -0.2) is 0 Å². The lowest BCUT2D eigenvalue weighted by molar-refractivity contribution is 0.0837. The third-order valence-electron chi connectivity index (χ3n) is 4.14. The van der Waals surface area contributed by atoms with Crippen LogP contribution in [0.2, 0.25) is 0 Å². The first-order valence-corrected chi connectivity index (χ1v) is 8.87. The SMILES string of the molecule is CN(C)CCOCC1CN(Cc2cccs2)Cc2nnn(C)c21. The molecule has 0 saturated carbocycles. The van der Waals surface area contributed by atoms with Crippen molar-refractivity contribution in [2.75, 3.05) is 40.4 Å². The van der Waals surface area contributed by atoms with Crippen LogP contribution in [0, 0.1) is 0 Å². The van der Waals surface area contributed by atoms with E-state index in [2.05, 4.69) is 51.7 Å². The summed E-state index contributed by atoms with van der Waals surface area (Å²) in [4.78, 5) is 5.98. The van der Waals surface area contributed by atoms with Crippen LogP contribution in [0.5, 0.6) is 0 Å². The maximum atomic E-state index is 5.91. The summed E-state index contributed by atoms with van der Waals surface area (Å²) in [7, 11) is 6.11. The van der Waals surface area contributed by atoms with E-state index in [9.17, 15) is 0 Å². The molecule has 126 valence electrons. The standard InChI is InChI=1S/C16H25N5OS/c1-19(2)6-7-22-12-13-9-21(10-14-5-4-8-23-14)11-15-16(13)20(3)18-17-15/h4-5,8,13H,6-7,9-12H2,1-3H3. The maximum absolute atomic E-state index is 5.91. The molecular weight excluding hydrogens is 310 g/mol. The van der Waals surface area contributed by atoms with E-state index in [1.165, 1.54) is 10.6 Å². The molecule has 2 aromatic rings. The molecule has 0 aliphatic carbocycles. The van der Waals surface area contributed by atoms with E-state index < -0.39 is 0 Å². The van der Waals surface area contributed by atoms with Crippen LogP contribution in [0.1, 0.15) is 22.2 Å². The summed E-state index contributed by atoms with van der Waals surface area (Å²) in [5, 5.41) is 10.7. The van der Waals surface area contributed by atoms with Crippen molar-refractivity contribution < 1.29 is 4.74 Å². The molecule has 3 rings (SSSR count). The van der Waals surface area contributed by atoms with Gasteiger partial charge in [-0.3, -0.25) is 9.58 Å². The van der Waals surface area contributed by atoms with Gasteiger partial charge in [-0.2, -0.15) is 0 Å². The molecule has 1 aliphatic heterocycles. The van der Waals surface area contributed by atoms with E-state index in [-0.39, 0.29) is 0 Å². The van der Waals surface area contributed by atoms with E-state index in [1.54, 1.807) is 0 Å². The number of aryl methyl sites for hydroxylation is 1. The third kappa shape index (κ3) is 4.17. The van der Waals surface area contributed by atoms with E-state index in [0.29, 0.717) is 5.92 Å². The molecule has 6 nitrogen and oxygen atoms in total. The Kier molecular flexibility index (Phi) is 5.42. The zero-order valence-corrected chi connectivity index (χ0v) is 14.9. The molecule has 0 saturated heterocycles. The fourth-order valence-electron chi connectivity index (χ4n) is 3.04. The van der Waals surface area contributed by atoms with Crippen molar-refractivity contribution in [1.29, 1.82) is 0 Å². The van der Waals surface area contributed by atoms with Crippen molar-refractivity contribution >= 4 is 11.3 Å². The van der Waals surface area contributed by atoms with Gasteiger partial charge in [0.25, 0.3) is 0 Å². The van der Waals surface area contributed by atoms with Crippen LogP contribution in [0.25, 0.3) is 0 Å². The van der Waals surface area contributed by atoms with Crippen molar-refractivity contribution in [3.63, 3.8) is 0 Å². The molecule has 7 heteroatoms. The lowest BCUT2D eigenvalue weighted by Gasteiger charge is -2.31. The normalized spacial score (nSPS) is 18.5. The molecule has 0 N–H and O–H groups in total. The Morgan fingerprint density at radius 3 is 3.04 bits per heavy atom. The average molecular weight is 335 g/mol. The predicted octanol–water partition coefficient (Wildman–Crippen LogP) is 1.55. The largest absolute Gasteiger partial charge is 0.379 e. The number of nitrogens with zero attached hydrogens (tertiary/aromatic N) is 5. The van der Waals surface area contributed by atoms with Gasteiger partial charge in [0.2, 0.25) is 0 Å². The first-order chi connectivity index (χ1) is 11.1. The quantitative estimate of drug-likeness (QED) is 0.719. The predicted molar refractivity (Wildman–Crippen MR) is 91.6 cm³/mol. The van der Waals surface area contributed by atoms with Crippen LogP contribution < -0.4 is 0 Å². The molecule has 0 amide bonds. The Hall–Kier alpha value is -1.28. The summed E-state index contributed by atoms with van der Waals surface area (Å²) in [6, 6.07) is 4.30. The second kappa shape index (κ2) is 7.53. The summed E-state index contributed by atoms with van der Waals surface area (Å²) in [5.41, 5.74) is 2.33. The molecule has 1 aliphatic rings. The van der Waals surface area contributed by atoms with Crippen molar-refractivity contribution in [2.24, 2.45) is 7.05 Å². The van der Waals surface area contributed by atoms with Crippen LogP contribution in [-0.4, -0.2) is 65.2 Å². The fraction of sp³-hybridized carbons (Fsp3) is 0.625. The lowest BCUT2D eigenvalue weighted by atomic mass is 9.99. The molecule has 0 bridgehead atoms. The van der Waals surface area contributed by atoms with Crippen LogP contribution in [-0.2, 0) is 24.9 Å². The molecule has 3 heterocycles. The molecule has 0 fully saturated rings. The number of aromatic nitrogens is 3. The third-order valence-corrected chi connectivity index (χ3v) is 5.01. The van der Waals surface area contributed by atoms with Crippen molar-refractivity contribution in [1.82, 2.24) is 24.8 Å². The number of hydrogen-bond donors (Lipinski definition) is 0. The second-order valence-corrected chi connectivity index (χ2v) is 7.40. The summed E-state index contributed by atoms with van der Waals surface area (Å²) >= 11 is 1.81. The lowest BCUT2D eigenvalue weighted by Crippen LogP contribution is -2.36. The molecule has 1 atom stereocenters. The topological polar surface area (TPSA) is 46.4 Å². The number of ether oxygens (including phenoxy) is 1. The minimum Gasteiger partial charge on any atom is -0.379 e. The highest BCUT2D eigenvalue weighted by molar-refractivity contribution is 7.09. The zero-order chi connectivity index (χ0) is 16.2. The fourth-order valence-corrected chi connectivity index (χ4v) is 3.79. The summed E-state index contributed by atoms with van der Waals surface area (Å²) in [6.45, 7) is 5.27. The van der Waals surface area contributed by atoms with Crippen LogP contribution in [0.4, 0.5) is 0 Å². The van der Waals surface area contributed by atoms with Gasteiger partial charge in [-0.05, 0) is 25.5 Å². The van der Waals surface area contributed by atoms with Gasteiger partial charge >= 0.3 is 0 Å². The van der Waals surface area contributed by atoms with Crippen molar-refractivity contribution in [3.05, 3.63) is 33.8 Å². The van der Waals surface area contributed by atoms with Gasteiger partial charge in [0.1, 0.15) is 5.69 Å². The summed E-state index contributed by atoms with van der Waals surface area (Å²) in [6.07, 6.45) is 0. The zero-order valence-electron chi connectivity index (χ0n) is 14.1. The van der Waals surface area contributed by atoms with Crippen LogP contribution in [0.3, 0.4) is 0 Å². The van der Waals surface area contributed by atoms with Gasteiger partial charge in [-0.1, -0.05) is 11.3 Å². The van der Waals surface area contributed by atoms with Gasteiger partial charge < -0.3 is 9.64 Å². The first kappa shape index (κ1) is 16.6. The van der Waals surface area contributed by atoms with Gasteiger partial charge in [0.15, 0.2) is 0 Å². The van der Waals surface area contributed by atoms with Gasteiger partial charge in [0, 0.05) is 44.0 Å². The van der Waals surface area contributed by atoms with Crippen molar-refractivity contribution in [3.8, 4) is 0 Å². The molecule has 0 spiro atoms. The van der Waals surface area contributed by atoms with Gasteiger partial charge in [0.05, 0.1) is 18.9 Å². The molecule has 0 aromatic carbocycles. The number of fused-ring (bicyclic) bond motifs is 1. The Morgan fingerprint density at radius 2 is 2.30 bits per heavy atom. The Labute approximate surface area is 141 Å². The Balaban J connectivity index is 1.65. The molecule has 2 aromatic heterocycles. The highest BCUT2D eigenvalue weighted by Gasteiger charge is 2.30. The van der Waals surface area contributed by atoms with E-state index in [0.717, 1.165) is 45.1 Å². The van der Waals surface area contributed by atoms with Crippen LogP contribution in [0.15, 0.2) is 17.5 Å². The Bertz CT molecular complexity index is 610. The molecule has 0 radical (unpaired) electrons. The van der Waals surface area contributed by atoms with Crippen LogP contribution >= 0.6 is 11.3 Å². The smallest absolute Gasteiger partial charge is 0.100 e. The monoisotopic (exact) mass is 335 g/mol. The van der Waals surface area contributed by atoms with E-state index in [4.69, 9.17) is 4.74 Å². The van der Waals surface area contributed by atoms with E-state index in [1.807, 2.05) is 23.1 Å². The molecule has 23 heavy (non-hydrogen) atoms. The summed E-state index contributed by atoms with van der Waals surface area (Å²) < 4.78 is 7.83. The summed E-state index contributed by atoms with van der Waals surface area (Å²) in [5.74, 6) is 0.334. The Morgan fingerprint density at radius 1 is 1.43 bits per heavy atom. The maximum Gasteiger partial charge on any atom is 0.100 e. The van der Waals surface area contributed by atoms with E-state index >= 15 is 0 Å². The number of rotatable bonds is 7. The minimum absolute atomic E-state index is 0.334. The molecule has 1 unspecified atom stereocenters. The highest BCUT2D eigenvalue weighted by atomic mass is 32.1. The minimum atomic E-state index is 0.334. The first-order valence-electron chi connectivity index (χ1n) is 7.99.